The number of nitrogens with one attached hydrogen (secondary N) is 2. The van der Waals surface area contributed by atoms with Crippen LogP contribution in [-0.2, 0) is 16.6 Å². The minimum absolute atomic E-state index is 0.244. The van der Waals surface area contributed by atoms with Crippen LogP contribution >= 0.6 is 11.3 Å². The maximum atomic E-state index is 12.4. The summed E-state index contributed by atoms with van der Waals surface area (Å²) < 4.78 is 27.4. The fourth-order valence-corrected chi connectivity index (χ4v) is 4.15. The summed E-state index contributed by atoms with van der Waals surface area (Å²) in [6.07, 6.45) is 1.68. The zero-order valence-corrected chi connectivity index (χ0v) is 13.1. The van der Waals surface area contributed by atoms with Crippen LogP contribution in [0.2, 0.25) is 0 Å². The molecule has 0 fully saturated rings. The number of nitrogens with two attached hydrogens (primary N) is 1. The number of rotatable bonds is 5. The number of nitrogens with zero attached hydrogens (tertiary/aromatic N) is 1. The lowest BCUT2D eigenvalue weighted by atomic mass is 10.1. The van der Waals surface area contributed by atoms with Gasteiger partial charge < -0.3 is 5.73 Å². The summed E-state index contributed by atoms with van der Waals surface area (Å²) in [5.41, 5.74) is 8.36. The Balaban J connectivity index is 2.04. The number of hydrogen-bond donors (Lipinski definition) is 3. The molecule has 2 heterocycles. The van der Waals surface area contributed by atoms with Gasteiger partial charge in [-0.05, 0) is 35.2 Å². The summed E-state index contributed by atoms with van der Waals surface area (Å²) >= 11 is 1.33. The van der Waals surface area contributed by atoms with Gasteiger partial charge in [0.05, 0.1) is 16.3 Å². The Bertz CT molecular complexity index is 856. The van der Waals surface area contributed by atoms with Crippen LogP contribution in [0.5, 0.6) is 0 Å². The summed E-state index contributed by atoms with van der Waals surface area (Å²) in [7, 11) is -3.61. The van der Waals surface area contributed by atoms with Crippen molar-refractivity contribution in [3.8, 4) is 11.3 Å². The van der Waals surface area contributed by atoms with Crippen molar-refractivity contribution in [1.82, 2.24) is 10.2 Å². The van der Waals surface area contributed by atoms with Crippen molar-refractivity contribution >= 4 is 27.0 Å². The van der Waals surface area contributed by atoms with Gasteiger partial charge in [0.2, 0.25) is 0 Å². The molecule has 0 aliphatic rings. The average Bonchev–Trinajstić information content (AvgIpc) is 3.21. The summed E-state index contributed by atoms with van der Waals surface area (Å²) in [5, 5.41) is 10.2. The molecule has 6 nitrogen and oxygen atoms in total. The van der Waals surface area contributed by atoms with Crippen LogP contribution in [0.4, 0.5) is 5.69 Å². The topological polar surface area (TPSA) is 101 Å². The summed E-state index contributed by atoms with van der Waals surface area (Å²) in [6, 6.07) is 8.67. The molecule has 3 aromatic rings. The van der Waals surface area contributed by atoms with E-state index in [0.29, 0.717) is 23.5 Å². The molecule has 0 unspecified atom stereocenters. The Hall–Kier alpha value is -2.16. The molecule has 114 valence electrons. The largest absolute Gasteiger partial charge is 0.326 e. The Kier molecular flexibility index (Phi) is 3.97. The quantitative estimate of drug-likeness (QED) is 0.667. The number of aromatic amines is 1. The highest BCUT2D eigenvalue weighted by molar-refractivity contribution is 7.92. The minimum atomic E-state index is -3.61. The van der Waals surface area contributed by atoms with Crippen LogP contribution in [0.1, 0.15) is 5.56 Å². The van der Waals surface area contributed by atoms with Gasteiger partial charge in [0, 0.05) is 23.7 Å². The third-order valence-corrected chi connectivity index (χ3v) is 5.34. The van der Waals surface area contributed by atoms with E-state index in [2.05, 4.69) is 14.9 Å². The molecule has 0 radical (unpaired) electrons. The van der Waals surface area contributed by atoms with Crippen molar-refractivity contribution in [2.45, 2.75) is 11.4 Å². The smallest absolute Gasteiger partial charge is 0.262 e. The molecule has 0 aliphatic heterocycles. The Labute approximate surface area is 132 Å². The number of H-pyrrole nitrogens is 1. The van der Waals surface area contributed by atoms with Crippen molar-refractivity contribution in [3.05, 3.63) is 52.9 Å². The zero-order valence-electron chi connectivity index (χ0n) is 11.5. The van der Waals surface area contributed by atoms with E-state index in [1.54, 1.807) is 41.2 Å². The van der Waals surface area contributed by atoms with Crippen LogP contribution < -0.4 is 10.5 Å². The maximum absolute atomic E-state index is 12.4. The van der Waals surface area contributed by atoms with Crippen molar-refractivity contribution in [1.29, 1.82) is 0 Å². The molecule has 4 N–H and O–H groups in total. The van der Waals surface area contributed by atoms with Gasteiger partial charge >= 0.3 is 0 Å². The van der Waals surface area contributed by atoms with Crippen molar-refractivity contribution in [2.24, 2.45) is 5.73 Å². The molecule has 0 atom stereocenters. The molecule has 0 aliphatic carbocycles. The van der Waals surface area contributed by atoms with Crippen LogP contribution in [0.25, 0.3) is 11.3 Å². The van der Waals surface area contributed by atoms with Gasteiger partial charge in [-0.1, -0.05) is 6.07 Å². The lowest BCUT2D eigenvalue weighted by Gasteiger charge is -2.12. The normalized spacial score (nSPS) is 11.5. The van der Waals surface area contributed by atoms with Crippen molar-refractivity contribution in [3.63, 3.8) is 0 Å². The van der Waals surface area contributed by atoms with Gasteiger partial charge in [-0.15, -0.1) is 0 Å². The third kappa shape index (κ3) is 2.89. The molecule has 3 rings (SSSR count). The molecule has 0 spiro atoms. The Morgan fingerprint density at radius 1 is 1.27 bits per heavy atom. The molecule has 0 saturated carbocycles. The van der Waals surface area contributed by atoms with E-state index in [-0.39, 0.29) is 4.90 Å². The van der Waals surface area contributed by atoms with E-state index >= 15 is 0 Å². The molecule has 8 heteroatoms. The second-order valence-electron chi connectivity index (χ2n) is 4.61. The Morgan fingerprint density at radius 3 is 2.77 bits per heavy atom. The summed E-state index contributed by atoms with van der Waals surface area (Å²) in [4.78, 5) is 0.244. The number of aromatic nitrogens is 2. The van der Waals surface area contributed by atoms with Gasteiger partial charge in [0.1, 0.15) is 0 Å². The highest BCUT2D eigenvalue weighted by atomic mass is 32.2. The molecular formula is C14H14N4O2S2. The summed E-state index contributed by atoms with van der Waals surface area (Å²) in [5.74, 6) is 0. The SMILES string of the molecule is NCc1ccc(NS(=O)(=O)c2ccsc2)c(-c2cc[nH]n2)c1. The monoisotopic (exact) mass is 334 g/mol. The number of thiophene rings is 1. The van der Waals surface area contributed by atoms with Gasteiger partial charge in [0.25, 0.3) is 10.0 Å². The standard InChI is InChI=1S/C14H14N4O2S2/c15-8-10-1-2-14(12(7-10)13-3-5-16-17-13)18-22(19,20)11-4-6-21-9-11/h1-7,9,18H,8,15H2,(H,16,17). The van der Waals surface area contributed by atoms with E-state index in [9.17, 15) is 8.42 Å². The van der Waals surface area contributed by atoms with Crippen molar-refractivity contribution in [2.75, 3.05) is 4.72 Å². The maximum Gasteiger partial charge on any atom is 0.262 e. The molecule has 1 aromatic carbocycles. The fourth-order valence-electron chi connectivity index (χ4n) is 2.04. The van der Waals surface area contributed by atoms with Crippen LogP contribution in [0.15, 0.2) is 52.2 Å². The van der Waals surface area contributed by atoms with E-state index in [0.717, 1.165) is 5.56 Å². The van der Waals surface area contributed by atoms with E-state index in [4.69, 9.17) is 5.73 Å². The van der Waals surface area contributed by atoms with Gasteiger partial charge in [-0.2, -0.15) is 16.4 Å². The molecule has 0 amide bonds. The average molecular weight is 334 g/mol. The first-order valence-corrected chi connectivity index (χ1v) is 8.91. The second kappa shape index (κ2) is 5.91. The predicted molar refractivity (Wildman–Crippen MR) is 87.0 cm³/mol. The van der Waals surface area contributed by atoms with E-state index < -0.39 is 10.0 Å². The number of sulfonamides is 1. The van der Waals surface area contributed by atoms with Crippen LogP contribution in [0.3, 0.4) is 0 Å². The minimum Gasteiger partial charge on any atom is -0.326 e. The predicted octanol–water partition coefficient (Wildman–Crippen LogP) is 2.40. The molecule has 0 saturated heterocycles. The van der Waals surface area contributed by atoms with Crippen molar-refractivity contribution < 1.29 is 8.42 Å². The summed E-state index contributed by atoms with van der Waals surface area (Å²) in [6.45, 7) is 0.370. The second-order valence-corrected chi connectivity index (χ2v) is 7.07. The van der Waals surface area contributed by atoms with Gasteiger partial charge in [-0.25, -0.2) is 8.42 Å². The van der Waals surface area contributed by atoms with Crippen LogP contribution in [-0.4, -0.2) is 18.6 Å². The van der Waals surface area contributed by atoms with Crippen LogP contribution in [0, 0.1) is 0 Å². The first-order valence-electron chi connectivity index (χ1n) is 6.48. The Morgan fingerprint density at radius 2 is 2.14 bits per heavy atom. The molecule has 22 heavy (non-hydrogen) atoms. The zero-order chi connectivity index (χ0) is 15.6. The highest BCUT2D eigenvalue weighted by Gasteiger charge is 2.17. The molecule has 0 bridgehead atoms. The first-order chi connectivity index (χ1) is 10.6. The number of hydrogen-bond acceptors (Lipinski definition) is 5. The number of benzene rings is 1. The van der Waals surface area contributed by atoms with E-state index in [1.165, 1.54) is 11.3 Å². The molecule has 2 aromatic heterocycles. The van der Waals surface area contributed by atoms with Gasteiger partial charge in [-0.3, -0.25) is 9.82 Å². The third-order valence-electron chi connectivity index (χ3n) is 3.15. The lowest BCUT2D eigenvalue weighted by molar-refractivity contribution is 0.601. The van der Waals surface area contributed by atoms with Gasteiger partial charge in [0.15, 0.2) is 0 Å². The number of anilines is 1. The fraction of sp³-hybridized carbons (Fsp3) is 0.0714. The lowest BCUT2D eigenvalue weighted by Crippen LogP contribution is -2.13. The highest BCUT2D eigenvalue weighted by Crippen LogP contribution is 2.29. The van der Waals surface area contributed by atoms with E-state index in [1.807, 2.05) is 6.07 Å². The molecular weight excluding hydrogens is 320 g/mol. The first kappa shape index (κ1) is 14.8.